The molecule has 5 heteroatoms. The van der Waals surface area contributed by atoms with Gasteiger partial charge in [0.25, 0.3) is 0 Å². The Morgan fingerprint density at radius 3 is 2.31 bits per heavy atom. The molecule has 2 N–H and O–H groups in total. The second-order valence-electron chi connectivity index (χ2n) is 5.43. The summed E-state index contributed by atoms with van der Waals surface area (Å²) in [5.41, 5.74) is -0.756. The molecule has 0 aromatic carbocycles. The molecule has 1 aliphatic carbocycles. The molecule has 0 atom stereocenters. The highest BCUT2D eigenvalue weighted by Gasteiger charge is 2.27. The zero-order valence-corrected chi connectivity index (χ0v) is 11.0. The van der Waals surface area contributed by atoms with Gasteiger partial charge in [-0.2, -0.15) is 0 Å². The highest BCUT2D eigenvalue weighted by molar-refractivity contribution is 7.89. The zero-order chi connectivity index (χ0) is 12.2. The predicted octanol–water partition coefficient (Wildman–Crippen LogP) is 1.26. The normalized spacial score (nSPS) is 19.9. The molecule has 0 aromatic heterocycles. The lowest BCUT2D eigenvalue weighted by Crippen LogP contribution is -2.47. The Morgan fingerprint density at radius 2 is 1.81 bits per heavy atom. The van der Waals surface area contributed by atoms with E-state index >= 15 is 0 Å². The van der Waals surface area contributed by atoms with Gasteiger partial charge in [-0.25, -0.2) is 13.1 Å². The SMILES string of the molecule is CC(C)(CO)NS(=O)(=O)CC1CCCCC1. The van der Waals surface area contributed by atoms with Gasteiger partial charge in [0.2, 0.25) is 10.0 Å². The first kappa shape index (κ1) is 13.9. The summed E-state index contributed by atoms with van der Waals surface area (Å²) in [5.74, 6) is 0.497. The first-order valence-corrected chi connectivity index (χ1v) is 7.62. The van der Waals surface area contributed by atoms with Gasteiger partial charge in [0.05, 0.1) is 17.9 Å². The maximum absolute atomic E-state index is 11.9. The Hall–Kier alpha value is -0.130. The number of aliphatic hydroxyl groups is 1. The molecule has 16 heavy (non-hydrogen) atoms. The maximum Gasteiger partial charge on any atom is 0.212 e. The van der Waals surface area contributed by atoms with E-state index in [9.17, 15) is 8.42 Å². The van der Waals surface area contributed by atoms with Gasteiger partial charge in [-0.1, -0.05) is 19.3 Å². The van der Waals surface area contributed by atoms with E-state index in [2.05, 4.69) is 4.72 Å². The van der Waals surface area contributed by atoms with Crippen LogP contribution in [-0.2, 0) is 10.0 Å². The molecule has 0 aliphatic heterocycles. The summed E-state index contributed by atoms with van der Waals surface area (Å²) in [4.78, 5) is 0. The van der Waals surface area contributed by atoms with Crippen molar-refractivity contribution in [1.29, 1.82) is 0 Å². The summed E-state index contributed by atoms with van der Waals surface area (Å²) in [7, 11) is -3.26. The van der Waals surface area contributed by atoms with Crippen molar-refractivity contribution in [2.45, 2.75) is 51.5 Å². The fraction of sp³-hybridized carbons (Fsp3) is 1.00. The van der Waals surface area contributed by atoms with Crippen molar-refractivity contribution in [2.24, 2.45) is 5.92 Å². The summed E-state index contributed by atoms with van der Waals surface area (Å²) in [6, 6.07) is 0. The first-order valence-electron chi connectivity index (χ1n) is 5.97. The Bertz CT molecular complexity index is 305. The molecule has 0 amide bonds. The van der Waals surface area contributed by atoms with Gasteiger partial charge in [-0.15, -0.1) is 0 Å². The molecule has 0 bridgehead atoms. The number of nitrogens with one attached hydrogen (secondary N) is 1. The Kier molecular flexibility index (Phi) is 4.76. The largest absolute Gasteiger partial charge is 0.394 e. The lowest BCUT2D eigenvalue weighted by molar-refractivity contribution is 0.208. The van der Waals surface area contributed by atoms with Crippen LogP contribution in [0.4, 0.5) is 0 Å². The van der Waals surface area contributed by atoms with Crippen LogP contribution in [0.15, 0.2) is 0 Å². The molecule has 0 heterocycles. The molecule has 1 aliphatic rings. The van der Waals surface area contributed by atoms with Crippen LogP contribution in [0.3, 0.4) is 0 Å². The molecule has 1 fully saturated rings. The molecule has 1 saturated carbocycles. The van der Waals surface area contributed by atoms with Crippen LogP contribution in [-0.4, -0.2) is 31.4 Å². The Labute approximate surface area is 98.5 Å². The highest BCUT2D eigenvalue weighted by atomic mass is 32.2. The molecule has 96 valence electrons. The number of hydrogen-bond acceptors (Lipinski definition) is 3. The van der Waals surface area contributed by atoms with E-state index in [1.165, 1.54) is 6.42 Å². The fourth-order valence-corrected chi connectivity index (χ4v) is 4.10. The smallest absolute Gasteiger partial charge is 0.212 e. The van der Waals surface area contributed by atoms with Crippen LogP contribution in [0.5, 0.6) is 0 Å². The molecule has 0 unspecified atom stereocenters. The fourth-order valence-electron chi connectivity index (χ4n) is 2.16. The van der Waals surface area contributed by atoms with Crippen molar-refractivity contribution >= 4 is 10.0 Å². The predicted molar refractivity (Wildman–Crippen MR) is 64.7 cm³/mol. The standard InChI is InChI=1S/C11H23NO3S/c1-11(2,9-13)12-16(14,15)8-10-6-4-3-5-7-10/h10,12-13H,3-9H2,1-2H3. The van der Waals surface area contributed by atoms with Crippen molar-refractivity contribution in [3.63, 3.8) is 0 Å². The summed E-state index contributed by atoms with van der Waals surface area (Å²) in [6.45, 7) is 3.19. The topological polar surface area (TPSA) is 66.4 Å². The summed E-state index contributed by atoms with van der Waals surface area (Å²) < 4.78 is 26.3. The summed E-state index contributed by atoms with van der Waals surface area (Å²) >= 11 is 0. The molecule has 0 aromatic rings. The third kappa shape index (κ3) is 4.80. The van der Waals surface area contributed by atoms with Crippen molar-refractivity contribution < 1.29 is 13.5 Å². The molecule has 0 spiro atoms. The second-order valence-corrected chi connectivity index (χ2v) is 7.20. The van der Waals surface area contributed by atoms with E-state index in [4.69, 9.17) is 5.11 Å². The third-order valence-corrected chi connectivity index (χ3v) is 4.78. The zero-order valence-electron chi connectivity index (χ0n) is 10.2. The molecular formula is C11H23NO3S. The van der Waals surface area contributed by atoms with Crippen LogP contribution < -0.4 is 4.72 Å². The number of hydrogen-bond donors (Lipinski definition) is 2. The minimum atomic E-state index is -3.26. The van der Waals surface area contributed by atoms with Crippen molar-refractivity contribution in [2.75, 3.05) is 12.4 Å². The van der Waals surface area contributed by atoms with E-state index in [1.807, 2.05) is 0 Å². The van der Waals surface area contributed by atoms with Gasteiger partial charge in [0.15, 0.2) is 0 Å². The van der Waals surface area contributed by atoms with Crippen LogP contribution in [0.1, 0.15) is 46.0 Å². The lowest BCUT2D eigenvalue weighted by Gasteiger charge is -2.26. The minimum Gasteiger partial charge on any atom is -0.394 e. The van der Waals surface area contributed by atoms with Gasteiger partial charge in [0, 0.05) is 0 Å². The van der Waals surface area contributed by atoms with E-state index in [0.717, 1.165) is 25.7 Å². The molecule has 4 nitrogen and oxygen atoms in total. The van der Waals surface area contributed by atoms with Crippen LogP contribution in [0.2, 0.25) is 0 Å². The Balaban J connectivity index is 2.50. The van der Waals surface area contributed by atoms with Crippen LogP contribution in [0.25, 0.3) is 0 Å². The Morgan fingerprint density at radius 1 is 1.25 bits per heavy atom. The first-order chi connectivity index (χ1) is 7.35. The average Bonchev–Trinajstić information content (AvgIpc) is 2.17. The average molecular weight is 249 g/mol. The van der Waals surface area contributed by atoms with Gasteiger partial charge < -0.3 is 5.11 Å². The molecule has 0 radical (unpaired) electrons. The minimum absolute atomic E-state index is 0.184. The maximum atomic E-state index is 11.9. The third-order valence-electron chi connectivity index (χ3n) is 3.01. The van der Waals surface area contributed by atoms with Crippen LogP contribution >= 0.6 is 0 Å². The summed E-state index contributed by atoms with van der Waals surface area (Å²) in [6.07, 6.45) is 5.54. The van der Waals surface area contributed by atoms with Gasteiger partial charge in [-0.3, -0.25) is 0 Å². The van der Waals surface area contributed by atoms with E-state index in [-0.39, 0.29) is 12.4 Å². The lowest BCUT2D eigenvalue weighted by atomic mass is 9.91. The quantitative estimate of drug-likeness (QED) is 0.771. The van der Waals surface area contributed by atoms with E-state index < -0.39 is 15.6 Å². The molecule has 1 rings (SSSR count). The molecular weight excluding hydrogens is 226 g/mol. The highest BCUT2D eigenvalue weighted by Crippen LogP contribution is 2.24. The van der Waals surface area contributed by atoms with Crippen molar-refractivity contribution in [1.82, 2.24) is 4.72 Å². The second kappa shape index (κ2) is 5.47. The monoisotopic (exact) mass is 249 g/mol. The summed E-state index contributed by atoms with van der Waals surface area (Å²) in [5, 5.41) is 9.04. The molecule has 0 saturated heterocycles. The van der Waals surface area contributed by atoms with Crippen molar-refractivity contribution in [3.05, 3.63) is 0 Å². The van der Waals surface area contributed by atoms with Gasteiger partial charge in [-0.05, 0) is 32.6 Å². The van der Waals surface area contributed by atoms with Gasteiger partial charge in [0.1, 0.15) is 0 Å². The van der Waals surface area contributed by atoms with Gasteiger partial charge >= 0.3 is 0 Å². The number of rotatable bonds is 5. The number of sulfonamides is 1. The van der Waals surface area contributed by atoms with Crippen LogP contribution in [0, 0.1) is 5.92 Å². The van der Waals surface area contributed by atoms with Crippen molar-refractivity contribution in [3.8, 4) is 0 Å². The van der Waals surface area contributed by atoms with E-state index in [1.54, 1.807) is 13.8 Å². The number of aliphatic hydroxyl groups excluding tert-OH is 1. The van der Waals surface area contributed by atoms with E-state index in [0.29, 0.717) is 5.92 Å².